The van der Waals surface area contributed by atoms with Gasteiger partial charge in [0.2, 0.25) is 5.71 Å². The van der Waals surface area contributed by atoms with Crippen molar-refractivity contribution in [2.24, 2.45) is 5.10 Å². The van der Waals surface area contributed by atoms with Gasteiger partial charge in [-0.1, -0.05) is 22.0 Å². The van der Waals surface area contributed by atoms with Crippen LogP contribution >= 0.6 is 15.9 Å². The average Bonchev–Trinajstić information content (AvgIpc) is 2.29. The van der Waals surface area contributed by atoms with E-state index in [-0.39, 0.29) is 5.71 Å². The molecule has 0 aromatic heterocycles. The molecule has 1 aromatic rings. The number of aryl methyl sites for hydroxylation is 1. The predicted molar refractivity (Wildman–Crippen MR) is 65.9 cm³/mol. The number of halogens is 1. The molecule has 0 aliphatic rings. The van der Waals surface area contributed by atoms with E-state index in [1.165, 1.54) is 0 Å². The second-order valence-electron chi connectivity index (χ2n) is 3.16. The van der Waals surface area contributed by atoms with Gasteiger partial charge in [0.05, 0.1) is 5.69 Å². The van der Waals surface area contributed by atoms with Gasteiger partial charge in [-0.25, -0.2) is 0 Å². The number of nitrogens with zero attached hydrogens (tertiary/aromatic N) is 3. The first-order valence-electron chi connectivity index (χ1n) is 4.49. The predicted octanol–water partition coefficient (Wildman–Crippen LogP) is 2.88. The zero-order chi connectivity index (χ0) is 12.1. The Kier molecular flexibility index (Phi) is 4.04. The van der Waals surface area contributed by atoms with Crippen molar-refractivity contribution >= 4 is 27.3 Å². The van der Waals surface area contributed by atoms with Crippen molar-refractivity contribution < 1.29 is 0 Å². The average molecular weight is 277 g/mol. The Balaban J connectivity index is 3.09. The van der Waals surface area contributed by atoms with E-state index in [2.05, 4.69) is 26.5 Å². The summed E-state index contributed by atoms with van der Waals surface area (Å²) in [4.78, 5) is 0. The van der Waals surface area contributed by atoms with Gasteiger partial charge >= 0.3 is 0 Å². The highest BCUT2D eigenvalue weighted by Gasteiger charge is 2.05. The normalized spacial score (nSPS) is 8.81. The van der Waals surface area contributed by atoms with Gasteiger partial charge < -0.3 is 0 Å². The lowest BCUT2D eigenvalue weighted by atomic mass is 10.1. The number of hydrogen-bond donors (Lipinski definition) is 1. The van der Waals surface area contributed by atoms with E-state index in [9.17, 15) is 0 Å². The summed E-state index contributed by atoms with van der Waals surface area (Å²) in [6, 6.07) is 7.24. The third-order valence-corrected chi connectivity index (χ3v) is 2.96. The summed E-state index contributed by atoms with van der Waals surface area (Å²) in [6.07, 6.45) is 0. The van der Waals surface area contributed by atoms with Crippen molar-refractivity contribution in [3.63, 3.8) is 0 Å². The summed E-state index contributed by atoms with van der Waals surface area (Å²) < 4.78 is 0.950. The molecule has 0 amide bonds. The first-order valence-corrected chi connectivity index (χ1v) is 5.29. The number of hydrogen-bond acceptors (Lipinski definition) is 4. The SMILES string of the molecule is Cc1ccc(Br)c(C)c1NN=C(C#N)C#N. The molecular weight excluding hydrogens is 268 g/mol. The minimum atomic E-state index is -0.196. The van der Waals surface area contributed by atoms with Crippen LogP contribution in [0.4, 0.5) is 5.69 Å². The van der Waals surface area contributed by atoms with Gasteiger partial charge in [-0.3, -0.25) is 5.43 Å². The quantitative estimate of drug-likeness (QED) is 0.667. The monoisotopic (exact) mass is 276 g/mol. The third kappa shape index (κ3) is 2.59. The van der Waals surface area contributed by atoms with E-state index in [1.807, 2.05) is 26.0 Å². The highest BCUT2D eigenvalue weighted by atomic mass is 79.9. The van der Waals surface area contributed by atoms with Crippen LogP contribution in [0.5, 0.6) is 0 Å². The Bertz CT molecular complexity index is 504. The van der Waals surface area contributed by atoms with Crippen LogP contribution in [0.1, 0.15) is 11.1 Å². The van der Waals surface area contributed by atoms with Crippen LogP contribution in [0.2, 0.25) is 0 Å². The number of rotatable bonds is 2. The maximum absolute atomic E-state index is 8.54. The van der Waals surface area contributed by atoms with Gasteiger partial charge in [0.1, 0.15) is 12.1 Å². The van der Waals surface area contributed by atoms with Crippen LogP contribution < -0.4 is 5.43 Å². The molecule has 0 unspecified atom stereocenters. The van der Waals surface area contributed by atoms with Crippen LogP contribution in [0, 0.1) is 36.5 Å². The van der Waals surface area contributed by atoms with Crippen LogP contribution in [0.25, 0.3) is 0 Å². The molecule has 4 nitrogen and oxygen atoms in total. The van der Waals surface area contributed by atoms with Crippen molar-refractivity contribution in [3.8, 4) is 12.1 Å². The van der Waals surface area contributed by atoms with Gasteiger partial charge in [-0.15, -0.1) is 0 Å². The van der Waals surface area contributed by atoms with Crippen LogP contribution in [-0.4, -0.2) is 5.71 Å². The van der Waals surface area contributed by atoms with E-state index in [1.54, 1.807) is 12.1 Å². The topological polar surface area (TPSA) is 72.0 Å². The zero-order valence-electron chi connectivity index (χ0n) is 8.87. The minimum Gasteiger partial charge on any atom is -0.276 e. The Morgan fingerprint density at radius 2 is 1.94 bits per heavy atom. The van der Waals surface area contributed by atoms with E-state index in [0.29, 0.717) is 0 Å². The molecule has 1 N–H and O–H groups in total. The highest BCUT2D eigenvalue weighted by molar-refractivity contribution is 9.10. The van der Waals surface area contributed by atoms with Crippen LogP contribution in [0.15, 0.2) is 21.7 Å². The largest absolute Gasteiger partial charge is 0.276 e. The molecule has 1 aromatic carbocycles. The molecule has 0 bridgehead atoms. The summed E-state index contributed by atoms with van der Waals surface area (Å²) in [5.41, 5.74) is 5.33. The van der Waals surface area contributed by atoms with Gasteiger partial charge in [0.25, 0.3) is 0 Å². The molecule has 0 heterocycles. The number of nitriles is 2. The van der Waals surface area contributed by atoms with Gasteiger partial charge in [-0.05, 0) is 31.0 Å². The molecule has 5 heteroatoms. The van der Waals surface area contributed by atoms with E-state index >= 15 is 0 Å². The standard InChI is InChI=1S/C11H9BrN4/c1-7-3-4-10(12)8(2)11(7)16-15-9(5-13)6-14/h3-4,16H,1-2H3. The van der Waals surface area contributed by atoms with Gasteiger partial charge in [0.15, 0.2) is 0 Å². The molecule has 0 spiro atoms. The summed E-state index contributed by atoms with van der Waals surface area (Å²) in [7, 11) is 0. The summed E-state index contributed by atoms with van der Waals surface area (Å²) in [5, 5.41) is 20.8. The molecule has 0 aliphatic heterocycles. The summed E-state index contributed by atoms with van der Waals surface area (Å²) in [5.74, 6) is 0. The molecule has 0 saturated heterocycles. The molecule has 0 fully saturated rings. The number of anilines is 1. The van der Waals surface area contributed by atoms with E-state index < -0.39 is 0 Å². The van der Waals surface area contributed by atoms with Crippen molar-refractivity contribution in [3.05, 3.63) is 27.7 Å². The first-order chi connectivity index (χ1) is 7.60. The van der Waals surface area contributed by atoms with E-state index in [0.717, 1.165) is 21.3 Å². The molecule has 0 atom stereocenters. The fraction of sp³-hybridized carbons (Fsp3) is 0.182. The maximum Gasteiger partial charge on any atom is 0.237 e. The maximum atomic E-state index is 8.54. The van der Waals surface area contributed by atoms with Crippen molar-refractivity contribution in [2.75, 3.05) is 5.43 Å². The molecule has 0 aliphatic carbocycles. The lowest BCUT2D eigenvalue weighted by molar-refractivity contribution is 1.25. The lowest BCUT2D eigenvalue weighted by Gasteiger charge is -2.09. The lowest BCUT2D eigenvalue weighted by Crippen LogP contribution is -2.00. The molecule has 0 saturated carbocycles. The Labute approximate surface area is 102 Å². The number of hydrazone groups is 1. The van der Waals surface area contributed by atoms with Crippen LogP contribution in [0.3, 0.4) is 0 Å². The van der Waals surface area contributed by atoms with E-state index in [4.69, 9.17) is 10.5 Å². The van der Waals surface area contributed by atoms with Crippen molar-refractivity contribution in [2.45, 2.75) is 13.8 Å². The molecular formula is C11H9BrN4. The Morgan fingerprint density at radius 1 is 1.31 bits per heavy atom. The Morgan fingerprint density at radius 3 is 2.50 bits per heavy atom. The fourth-order valence-corrected chi connectivity index (χ4v) is 1.51. The highest BCUT2D eigenvalue weighted by Crippen LogP contribution is 2.27. The Hall–Kier alpha value is -1.85. The summed E-state index contributed by atoms with van der Waals surface area (Å²) in [6.45, 7) is 3.85. The molecule has 0 radical (unpaired) electrons. The van der Waals surface area contributed by atoms with Crippen molar-refractivity contribution in [1.82, 2.24) is 0 Å². The summed E-state index contributed by atoms with van der Waals surface area (Å²) >= 11 is 3.40. The van der Waals surface area contributed by atoms with Gasteiger partial charge in [0, 0.05) is 4.47 Å². The fourth-order valence-electron chi connectivity index (χ4n) is 1.18. The van der Waals surface area contributed by atoms with Crippen molar-refractivity contribution in [1.29, 1.82) is 10.5 Å². The molecule has 80 valence electrons. The number of benzene rings is 1. The second kappa shape index (κ2) is 5.29. The first kappa shape index (κ1) is 12.2. The van der Waals surface area contributed by atoms with Gasteiger partial charge in [-0.2, -0.15) is 15.6 Å². The zero-order valence-corrected chi connectivity index (χ0v) is 10.5. The molecule has 1 rings (SSSR count). The smallest absolute Gasteiger partial charge is 0.237 e. The number of nitrogens with one attached hydrogen (secondary N) is 1. The minimum absolute atomic E-state index is 0.196. The third-order valence-electron chi connectivity index (χ3n) is 2.10. The van der Waals surface area contributed by atoms with Crippen LogP contribution in [-0.2, 0) is 0 Å². The molecule has 16 heavy (non-hydrogen) atoms. The second-order valence-corrected chi connectivity index (χ2v) is 4.01.